The molecule has 0 aromatic carbocycles. The standard InChI is InChI=1S/C15H26N2O4/c1-15(2,3)14(21)16-9-12(18)17-8-4-5-11(10-17)6-7-13(19)20/h11H,4-10H2,1-3H3,(H,16,21)(H,19,20). The first kappa shape index (κ1) is 17.5. The van der Waals surface area contributed by atoms with Crippen LogP contribution < -0.4 is 5.32 Å². The number of amides is 2. The fraction of sp³-hybridized carbons (Fsp3) is 0.800. The number of likely N-dealkylation sites (tertiary alicyclic amines) is 1. The van der Waals surface area contributed by atoms with E-state index in [1.807, 2.05) is 0 Å². The Morgan fingerprint density at radius 3 is 2.52 bits per heavy atom. The number of hydrogen-bond donors (Lipinski definition) is 2. The van der Waals surface area contributed by atoms with Crippen LogP contribution in [0.4, 0.5) is 0 Å². The first-order valence-electron chi connectivity index (χ1n) is 7.48. The minimum absolute atomic E-state index is 0.0156. The molecule has 2 N–H and O–H groups in total. The minimum atomic E-state index is -0.795. The van der Waals surface area contributed by atoms with Crippen molar-refractivity contribution >= 4 is 17.8 Å². The van der Waals surface area contributed by atoms with Gasteiger partial charge in [-0.1, -0.05) is 20.8 Å². The maximum absolute atomic E-state index is 12.1. The summed E-state index contributed by atoms with van der Waals surface area (Å²) in [5.41, 5.74) is -0.508. The number of carbonyl (C=O) groups is 3. The molecule has 1 atom stereocenters. The van der Waals surface area contributed by atoms with Crippen LogP contribution in [0.25, 0.3) is 0 Å². The number of hydrogen-bond acceptors (Lipinski definition) is 3. The molecule has 0 spiro atoms. The van der Waals surface area contributed by atoms with Gasteiger partial charge in [-0.2, -0.15) is 0 Å². The Kier molecular flexibility index (Phi) is 6.18. The molecule has 0 aliphatic carbocycles. The van der Waals surface area contributed by atoms with Crippen molar-refractivity contribution in [2.75, 3.05) is 19.6 Å². The zero-order valence-corrected chi connectivity index (χ0v) is 13.1. The monoisotopic (exact) mass is 298 g/mol. The molecule has 0 saturated carbocycles. The SMILES string of the molecule is CC(C)(C)C(=O)NCC(=O)N1CCCC(CCC(=O)O)C1. The van der Waals surface area contributed by atoms with E-state index in [4.69, 9.17) is 5.11 Å². The molecule has 120 valence electrons. The van der Waals surface area contributed by atoms with E-state index in [1.54, 1.807) is 25.7 Å². The fourth-order valence-corrected chi connectivity index (χ4v) is 2.39. The summed E-state index contributed by atoms with van der Waals surface area (Å²) in [6.45, 7) is 6.70. The maximum Gasteiger partial charge on any atom is 0.303 e. The predicted octanol–water partition coefficient (Wildman–Crippen LogP) is 1.25. The second-order valence-electron chi connectivity index (χ2n) is 6.71. The topological polar surface area (TPSA) is 86.7 Å². The number of nitrogens with zero attached hydrogens (tertiary/aromatic N) is 1. The molecule has 6 nitrogen and oxygen atoms in total. The van der Waals surface area contributed by atoms with E-state index in [1.165, 1.54) is 0 Å². The predicted molar refractivity (Wildman–Crippen MR) is 78.6 cm³/mol. The molecule has 1 rings (SSSR count). The van der Waals surface area contributed by atoms with Gasteiger partial charge in [0.15, 0.2) is 0 Å². The summed E-state index contributed by atoms with van der Waals surface area (Å²) in [5, 5.41) is 11.4. The van der Waals surface area contributed by atoms with Gasteiger partial charge in [-0.3, -0.25) is 14.4 Å². The van der Waals surface area contributed by atoms with Crippen LogP contribution in [0.1, 0.15) is 46.5 Å². The zero-order chi connectivity index (χ0) is 16.0. The molecule has 0 aromatic heterocycles. The molecule has 1 saturated heterocycles. The molecule has 1 aliphatic rings. The Hall–Kier alpha value is -1.59. The van der Waals surface area contributed by atoms with Crippen LogP contribution in [0.2, 0.25) is 0 Å². The molecule has 2 amide bonds. The molecule has 1 heterocycles. The lowest BCUT2D eigenvalue weighted by Crippen LogP contribution is -2.46. The largest absolute Gasteiger partial charge is 0.481 e. The second kappa shape index (κ2) is 7.43. The smallest absolute Gasteiger partial charge is 0.303 e. The van der Waals surface area contributed by atoms with E-state index in [-0.39, 0.29) is 30.7 Å². The third-order valence-electron chi connectivity index (χ3n) is 3.72. The molecular weight excluding hydrogens is 272 g/mol. The summed E-state index contributed by atoms with van der Waals surface area (Å²) in [4.78, 5) is 36.2. The molecule has 0 bridgehead atoms. The average Bonchev–Trinajstić information content (AvgIpc) is 2.41. The molecule has 0 aromatic rings. The van der Waals surface area contributed by atoms with E-state index in [2.05, 4.69) is 5.32 Å². The first-order valence-corrected chi connectivity index (χ1v) is 7.48. The number of aliphatic carboxylic acids is 1. The third kappa shape index (κ3) is 6.14. The summed E-state index contributed by atoms with van der Waals surface area (Å²) < 4.78 is 0. The summed E-state index contributed by atoms with van der Waals surface area (Å²) in [5.74, 6) is -0.782. The van der Waals surface area contributed by atoms with Crippen molar-refractivity contribution in [2.45, 2.75) is 46.5 Å². The van der Waals surface area contributed by atoms with E-state index < -0.39 is 11.4 Å². The van der Waals surface area contributed by atoms with Gasteiger partial charge in [0.1, 0.15) is 0 Å². The summed E-state index contributed by atoms with van der Waals surface area (Å²) >= 11 is 0. The van der Waals surface area contributed by atoms with Crippen LogP contribution in [0.3, 0.4) is 0 Å². The van der Waals surface area contributed by atoms with Crippen LogP contribution in [0, 0.1) is 11.3 Å². The van der Waals surface area contributed by atoms with Gasteiger partial charge in [0.05, 0.1) is 6.54 Å². The lowest BCUT2D eigenvalue weighted by molar-refractivity contribution is -0.138. The second-order valence-corrected chi connectivity index (χ2v) is 6.71. The number of carboxylic acids is 1. The number of nitrogens with one attached hydrogen (secondary N) is 1. The van der Waals surface area contributed by atoms with Gasteiger partial charge in [-0.05, 0) is 25.2 Å². The quantitative estimate of drug-likeness (QED) is 0.800. The number of carboxylic acid groups (broad SMARTS) is 1. The van der Waals surface area contributed by atoms with Crippen LogP contribution in [0.5, 0.6) is 0 Å². The molecule has 1 unspecified atom stereocenters. The lowest BCUT2D eigenvalue weighted by Gasteiger charge is -2.33. The molecular formula is C15H26N2O4. The normalized spacial score (nSPS) is 19.2. The van der Waals surface area contributed by atoms with Crippen LogP contribution in [-0.2, 0) is 14.4 Å². The van der Waals surface area contributed by atoms with Crippen molar-refractivity contribution in [2.24, 2.45) is 11.3 Å². The Morgan fingerprint density at radius 2 is 1.95 bits per heavy atom. The van der Waals surface area contributed by atoms with Crippen LogP contribution >= 0.6 is 0 Å². The van der Waals surface area contributed by atoms with Crippen molar-refractivity contribution in [1.82, 2.24) is 10.2 Å². The Balaban J connectivity index is 2.40. The minimum Gasteiger partial charge on any atom is -0.481 e. The summed E-state index contributed by atoms with van der Waals surface area (Å²) in [7, 11) is 0. The first-order chi connectivity index (χ1) is 9.70. The highest BCUT2D eigenvalue weighted by molar-refractivity contribution is 5.87. The highest BCUT2D eigenvalue weighted by atomic mass is 16.4. The van der Waals surface area contributed by atoms with E-state index in [0.717, 1.165) is 12.8 Å². The van der Waals surface area contributed by atoms with Crippen molar-refractivity contribution in [3.05, 3.63) is 0 Å². The molecule has 0 radical (unpaired) electrons. The van der Waals surface area contributed by atoms with Gasteiger partial charge in [-0.15, -0.1) is 0 Å². The van der Waals surface area contributed by atoms with Gasteiger partial charge in [-0.25, -0.2) is 0 Å². The fourth-order valence-electron chi connectivity index (χ4n) is 2.39. The lowest BCUT2D eigenvalue weighted by atomic mass is 9.93. The van der Waals surface area contributed by atoms with Gasteiger partial charge < -0.3 is 15.3 Å². The summed E-state index contributed by atoms with van der Waals surface area (Å²) in [6, 6.07) is 0. The maximum atomic E-state index is 12.1. The van der Waals surface area contributed by atoms with E-state index in [9.17, 15) is 14.4 Å². The molecule has 6 heteroatoms. The highest BCUT2D eigenvalue weighted by Crippen LogP contribution is 2.21. The number of carbonyl (C=O) groups excluding carboxylic acids is 2. The molecule has 21 heavy (non-hydrogen) atoms. The van der Waals surface area contributed by atoms with Gasteiger partial charge in [0.2, 0.25) is 11.8 Å². The third-order valence-corrected chi connectivity index (χ3v) is 3.72. The summed E-state index contributed by atoms with van der Waals surface area (Å²) in [6.07, 6.45) is 2.61. The van der Waals surface area contributed by atoms with E-state index in [0.29, 0.717) is 19.5 Å². The Morgan fingerprint density at radius 1 is 1.29 bits per heavy atom. The van der Waals surface area contributed by atoms with Gasteiger partial charge in [0.25, 0.3) is 0 Å². The number of rotatable bonds is 5. The average molecular weight is 298 g/mol. The van der Waals surface area contributed by atoms with E-state index >= 15 is 0 Å². The van der Waals surface area contributed by atoms with Crippen molar-refractivity contribution in [3.8, 4) is 0 Å². The molecule has 1 fully saturated rings. The molecule has 1 aliphatic heterocycles. The Bertz CT molecular complexity index is 401. The van der Waals surface area contributed by atoms with Gasteiger partial charge >= 0.3 is 5.97 Å². The van der Waals surface area contributed by atoms with Gasteiger partial charge in [0, 0.05) is 24.9 Å². The van der Waals surface area contributed by atoms with Crippen molar-refractivity contribution in [3.63, 3.8) is 0 Å². The zero-order valence-electron chi connectivity index (χ0n) is 13.1. The van der Waals surface area contributed by atoms with Crippen molar-refractivity contribution in [1.29, 1.82) is 0 Å². The van der Waals surface area contributed by atoms with Crippen LogP contribution in [0.15, 0.2) is 0 Å². The number of piperidine rings is 1. The Labute approximate surface area is 125 Å². The van der Waals surface area contributed by atoms with Crippen LogP contribution in [-0.4, -0.2) is 47.4 Å². The van der Waals surface area contributed by atoms with Crippen molar-refractivity contribution < 1.29 is 19.5 Å². The highest BCUT2D eigenvalue weighted by Gasteiger charge is 2.26.